The zero-order valence-electron chi connectivity index (χ0n) is 12.4. The van der Waals surface area contributed by atoms with Gasteiger partial charge in [0.1, 0.15) is 11.3 Å². The number of aromatic hydroxyl groups is 1. The molecule has 22 heavy (non-hydrogen) atoms. The van der Waals surface area contributed by atoms with Gasteiger partial charge in [-0.15, -0.1) is 0 Å². The summed E-state index contributed by atoms with van der Waals surface area (Å²) in [6.45, 7) is 3.73. The molecule has 2 rings (SSSR count). The first-order chi connectivity index (χ1) is 10.5. The van der Waals surface area contributed by atoms with Gasteiger partial charge in [0.15, 0.2) is 0 Å². The SMILES string of the molecule is CC(C)n1cccc(C(=O)N/N=C\c2cccc(O)c2)c1=O. The maximum atomic E-state index is 12.1. The van der Waals surface area contributed by atoms with Crippen LogP contribution in [0.25, 0.3) is 0 Å². The highest BCUT2D eigenvalue weighted by Crippen LogP contribution is 2.08. The molecule has 0 aliphatic rings. The quantitative estimate of drug-likeness (QED) is 0.668. The third-order valence-corrected chi connectivity index (χ3v) is 3.03. The van der Waals surface area contributed by atoms with Crippen molar-refractivity contribution in [1.82, 2.24) is 9.99 Å². The summed E-state index contributed by atoms with van der Waals surface area (Å²) < 4.78 is 1.48. The Bertz CT molecular complexity index is 763. The molecular formula is C16H17N3O3. The van der Waals surface area contributed by atoms with E-state index in [2.05, 4.69) is 10.5 Å². The van der Waals surface area contributed by atoms with Crippen LogP contribution in [0.15, 0.2) is 52.5 Å². The fourth-order valence-corrected chi connectivity index (χ4v) is 1.92. The van der Waals surface area contributed by atoms with Crippen molar-refractivity contribution < 1.29 is 9.90 Å². The fourth-order valence-electron chi connectivity index (χ4n) is 1.92. The van der Waals surface area contributed by atoms with Crippen LogP contribution in [0.3, 0.4) is 0 Å². The summed E-state index contributed by atoms with van der Waals surface area (Å²) in [5, 5.41) is 13.1. The second-order valence-corrected chi connectivity index (χ2v) is 5.02. The summed E-state index contributed by atoms with van der Waals surface area (Å²) in [5.74, 6) is -0.463. The largest absolute Gasteiger partial charge is 0.508 e. The number of nitrogens with zero attached hydrogens (tertiary/aromatic N) is 2. The Labute approximate surface area is 127 Å². The fraction of sp³-hybridized carbons (Fsp3) is 0.188. The van der Waals surface area contributed by atoms with Crippen LogP contribution >= 0.6 is 0 Å². The standard InChI is InChI=1S/C16H17N3O3/c1-11(2)19-8-4-7-14(16(19)22)15(21)18-17-10-12-5-3-6-13(20)9-12/h3-11,20H,1-2H3,(H,18,21)/b17-10-. The zero-order chi connectivity index (χ0) is 16.1. The van der Waals surface area contributed by atoms with Gasteiger partial charge in [-0.1, -0.05) is 12.1 Å². The van der Waals surface area contributed by atoms with Gasteiger partial charge < -0.3 is 9.67 Å². The zero-order valence-corrected chi connectivity index (χ0v) is 12.4. The lowest BCUT2D eigenvalue weighted by Crippen LogP contribution is -2.31. The Hall–Kier alpha value is -2.89. The van der Waals surface area contributed by atoms with Crippen molar-refractivity contribution in [2.45, 2.75) is 19.9 Å². The van der Waals surface area contributed by atoms with E-state index in [-0.39, 0.29) is 22.9 Å². The van der Waals surface area contributed by atoms with Crippen LogP contribution in [0.1, 0.15) is 35.8 Å². The molecule has 1 amide bonds. The average molecular weight is 299 g/mol. The molecule has 0 spiro atoms. The highest BCUT2D eigenvalue weighted by atomic mass is 16.3. The van der Waals surface area contributed by atoms with E-state index in [0.717, 1.165) is 0 Å². The number of hydrogen-bond acceptors (Lipinski definition) is 4. The second kappa shape index (κ2) is 6.71. The molecule has 6 nitrogen and oxygen atoms in total. The van der Waals surface area contributed by atoms with Crippen LogP contribution in [0.4, 0.5) is 0 Å². The van der Waals surface area contributed by atoms with Gasteiger partial charge in [0, 0.05) is 12.2 Å². The van der Waals surface area contributed by atoms with E-state index in [1.807, 2.05) is 13.8 Å². The summed E-state index contributed by atoms with van der Waals surface area (Å²) in [6, 6.07) is 9.50. The van der Waals surface area contributed by atoms with Crippen molar-refractivity contribution in [3.8, 4) is 5.75 Å². The van der Waals surface area contributed by atoms with Crippen molar-refractivity contribution in [3.63, 3.8) is 0 Å². The number of aromatic nitrogens is 1. The van der Waals surface area contributed by atoms with Gasteiger partial charge in [-0.2, -0.15) is 5.10 Å². The summed E-state index contributed by atoms with van der Waals surface area (Å²) in [4.78, 5) is 24.2. The molecular weight excluding hydrogens is 282 g/mol. The van der Waals surface area contributed by atoms with Crippen LogP contribution in [-0.4, -0.2) is 21.8 Å². The van der Waals surface area contributed by atoms with Crippen molar-refractivity contribution >= 4 is 12.1 Å². The van der Waals surface area contributed by atoms with Gasteiger partial charge in [-0.25, -0.2) is 5.43 Å². The van der Waals surface area contributed by atoms with Gasteiger partial charge in [-0.3, -0.25) is 9.59 Å². The van der Waals surface area contributed by atoms with E-state index in [1.54, 1.807) is 24.4 Å². The maximum Gasteiger partial charge on any atom is 0.276 e. The predicted molar refractivity (Wildman–Crippen MR) is 84.3 cm³/mol. The number of carbonyl (C=O) groups excluding carboxylic acids is 1. The molecule has 0 aliphatic carbocycles. The molecule has 6 heteroatoms. The minimum absolute atomic E-state index is 0.0314. The van der Waals surface area contributed by atoms with E-state index >= 15 is 0 Å². The molecule has 0 atom stereocenters. The summed E-state index contributed by atoms with van der Waals surface area (Å²) in [6.07, 6.45) is 3.03. The molecule has 0 bridgehead atoms. The molecule has 2 N–H and O–H groups in total. The summed E-state index contributed by atoms with van der Waals surface area (Å²) >= 11 is 0. The maximum absolute atomic E-state index is 12.1. The van der Waals surface area contributed by atoms with Crippen LogP contribution in [0, 0.1) is 0 Å². The first-order valence-electron chi connectivity index (χ1n) is 6.82. The molecule has 0 radical (unpaired) electrons. The Morgan fingerprint density at radius 3 is 2.77 bits per heavy atom. The number of amides is 1. The van der Waals surface area contributed by atoms with Crippen molar-refractivity contribution in [2.75, 3.05) is 0 Å². The third-order valence-electron chi connectivity index (χ3n) is 3.03. The van der Waals surface area contributed by atoms with E-state index < -0.39 is 5.91 Å². The number of nitrogens with one attached hydrogen (secondary N) is 1. The Morgan fingerprint density at radius 2 is 2.09 bits per heavy atom. The van der Waals surface area contributed by atoms with E-state index in [9.17, 15) is 14.7 Å². The highest BCUT2D eigenvalue weighted by molar-refractivity contribution is 5.94. The Kier molecular flexibility index (Phi) is 4.73. The molecule has 0 aliphatic heterocycles. The molecule has 0 fully saturated rings. The average Bonchev–Trinajstić information content (AvgIpc) is 2.47. The topological polar surface area (TPSA) is 83.7 Å². The Balaban J connectivity index is 2.13. The van der Waals surface area contributed by atoms with E-state index in [0.29, 0.717) is 5.56 Å². The molecule has 114 valence electrons. The normalized spacial score (nSPS) is 11.0. The smallest absolute Gasteiger partial charge is 0.276 e. The monoisotopic (exact) mass is 299 g/mol. The van der Waals surface area contributed by atoms with Gasteiger partial charge in [0.2, 0.25) is 0 Å². The van der Waals surface area contributed by atoms with Crippen LogP contribution in [0.5, 0.6) is 5.75 Å². The predicted octanol–water partition coefficient (Wildman–Crippen LogP) is 1.90. The van der Waals surface area contributed by atoms with Crippen molar-refractivity contribution in [1.29, 1.82) is 0 Å². The lowest BCUT2D eigenvalue weighted by molar-refractivity contribution is 0.0953. The lowest BCUT2D eigenvalue weighted by Gasteiger charge is -2.10. The molecule has 1 heterocycles. The minimum Gasteiger partial charge on any atom is -0.508 e. The first kappa shape index (κ1) is 15.5. The van der Waals surface area contributed by atoms with Gasteiger partial charge >= 0.3 is 0 Å². The number of phenolic OH excluding ortho intramolecular Hbond substituents is 1. The van der Waals surface area contributed by atoms with Crippen molar-refractivity contribution in [3.05, 3.63) is 64.1 Å². The van der Waals surface area contributed by atoms with E-state index in [1.165, 1.54) is 29.0 Å². The number of benzene rings is 1. The summed E-state index contributed by atoms with van der Waals surface area (Å²) in [5.41, 5.74) is 2.61. The number of hydrazone groups is 1. The minimum atomic E-state index is -0.573. The van der Waals surface area contributed by atoms with E-state index in [4.69, 9.17) is 0 Å². The first-order valence-corrected chi connectivity index (χ1v) is 6.82. The molecule has 0 unspecified atom stereocenters. The van der Waals surface area contributed by atoms with Gasteiger partial charge in [0.25, 0.3) is 11.5 Å². The lowest BCUT2D eigenvalue weighted by atomic mass is 10.2. The molecule has 1 aromatic carbocycles. The second-order valence-electron chi connectivity index (χ2n) is 5.02. The summed E-state index contributed by atoms with van der Waals surface area (Å²) in [7, 11) is 0. The number of pyridine rings is 1. The van der Waals surface area contributed by atoms with Crippen LogP contribution in [0.2, 0.25) is 0 Å². The number of carbonyl (C=O) groups is 1. The number of hydrogen-bond donors (Lipinski definition) is 2. The Morgan fingerprint density at radius 1 is 1.32 bits per heavy atom. The molecule has 1 aromatic heterocycles. The van der Waals surface area contributed by atoms with Crippen LogP contribution < -0.4 is 11.0 Å². The molecule has 0 saturated heterocycles. The molecule has 0 saturated carbocycles. The van der Waals surface area contributed by atoms with Gasteiger partial charge in [-0.05, 0) is 43.7 Å². The number of phenols is 1. The third kappa shape index (κ3) is 3.60. The molecule has 2 aromatic rings. The van der Waals surface area contributed by atoms with Gasteiger partial charge in [0.05, 0.1) is 6.21 Å². The van der Waals surface area contributed by atoms with Crippen molar-refractivity contribution in [2.24, 2.45) is 5.10 Å². The highest BCUT2D eigenvalue weighted by Gasteiger charge is 2.12. The van der Waals surface area contributed by atoms with Crippen LogP contribution in [-0.2, 0) is 0 Å². The number of rotatable bonds is 4.